The lowest BCUT2D eigenvalue weighted by Gasteiger charge is -2.16. The number of aromatic nitrogens is 4. The van der Waals surface area contributed by atoms with Crippen molar-refractivity contribution < 1.29 is 4.79 Å². The molecular weight excluding hydrogens is 370 g/mol. The minimum Gasteiger partial charge on any atom is -0.348 e. The topological polar surface area (TPSA) is 63.9 Å². The van der Waals surface area contributed by atoms with E-state index in [1.165, 1.54) is 5.56 Å². The molecule has 6 nitrogen and oxygen atoms in total. The highest BCUT2D eigenvalue weighted by Crippen LogP contribution is 2.42. The summed E-state index contributed by atoms with van der Waals surface area (Å²) in [6.07, 6.45) is 4.05. The monoisotopic (exact) mass is 395 g/mol. The van der Waals surface area contributed by atoms with Crippen molar-refractivity contribution in [2.45, 2.75) is 46.1 Å². The van der Waals surface area contributed by atoms with Gasteiger partial charge in [-0.25, -0.2) is 4.98 Å². The molecule has 3 aromatic heterocycles. The van der Waals surface area contributed by atoms with E-state index in [0.717, 1.165) is 51.1 Å². The van der Waals surface area contributed by atoms with E-state index in [1.54, 1.807) is 30.3 Å². The van der Waals surface area contributed by atoms with Crippen molar-refractivity contribution in [1.29, 1.82) is 0 Å². The summed E-state index contributed by atoms with van der Waals surface area (Å²) in [5.74, 6) is 0.0788. The van der Waals surface area contributed by atoms with Gasteiger partial charge in [0.2, 0.25) is 5.91 Å². The summed E-state index contributed by atoms with van der Waals surface area (Å²) >= 11 is 1.63. The fourth-order valence-electron chi connectivity index (χ4n) is 3.52. The Kier molecular flexibility index (Phi) is 4.79. The van der Waals surface area contributed by atoms with Crippen LogP contribution in [0.1, 0.15) is 41.8 Å². The second kappa shape index (κ2) is 7.13. The molecule has 0 aromatic carbocycles. The third kappa shape index (κ3) is 3.24. The van der Waals surface area contributed by atoms with Gasteiger partial charge in [0.25, 0.3) is 0 Å². The normalized spacial score (nSPS) is 12.8. The summed E-state index contributed by atoms with van der Waals surface area (Å²) in [6.45, 7) is 6.29. The van der Waals surface area contributed by atoms with Crippen LogP contribution in [0.25, 0.3) is 21.8 Å². The molecule has 4 rings (SSSR count). The molecule has 0 N–H and O–H groups in total. The molecule has 1 aliphatic rings. The minimum absolute atomic E-state index is 0.0788. The average Bonchev–Trinajstić information content (AvgIpc) is 3.23. The number of hydrogen-bond acceptors (Lipinski definition) is 5. The van der Waals surface area contributed by atoms with Crippen molar-refractivity contribution in [3.8, 4) is 21.8 Å². The Balaban J connectivity index is 1.82. The van der Waals surface area contributed by atoms with Crippen LogP contribution in [-0.4, -0.2) is 44.7 Å². The summed E-state index contributed by atoms with van der Waals surface area (Å²) in [4.78, 5) is 24.1. The van der Waals surface area contributed by atoms with Gasteiger partial charge < -0.3 is 4.90 Å². The van der Waals surface area contributed by atoms with Crippen LogP contribution in [0.3, 0.4) is 0 Å². The number of carbonyl (C=O) groups excluding carboxylic acids is 1. The summed E-state index contributed by atoms with van der Waals surface area (Å²) in [5, 5.41) is 5.85. The van der Waals surface area contributed by atoms with E-state index in [0.29, 0.717) is 6.42 Å². The van der Waals surface area contributed by atoms with Crippen molar-refractivity contribution in [3.05, 3.63) is 40.3 Å². The molecule has 0 saturated heterocycles. The number of likely N-dealkylation sites (N-methyl/N-ethyl adjacent to an activating group) is 1. The molecule has 0 atom stereocenters. The molecule has 0 unspecified atom stereocenters. The average molecular weight is 396 g/mol. The number of amides is 1. The quantitative estimate of drug-likeness (QED) is 0.676. The number of pyridine rings is 1. The molecule has 0 spiro atoms. The fourth-order valence-corrected chi connectivity index (χ4v) is 4.69. The number of hydrogen-bond donors (Lipinski definition) is 0. The zero-order chi connectivity index (χ0) is 20.0. The Morgan fingerprint density at radius 1 is 1.29 bits per heavy atom. The van der Waals surface area contributed by atoms with Crippen LogP contribution in [0.5, 0.6) is 0 Å². The van der Waals surface area contributed by atoms with E-state index in [4.69, 9.17) is 10.1 Å². The molecule has 0 bridgehead atoms. The Bertz CT molecular complexity index is 1030. The zero-order valence-corrected chi connectivity index (χ0v) is 17.8. The second-order valence-corrected chi connectivity index (χ2v) is 8.83. The Labute approximate surface area is 169 Å². The predicted octanol–water partition coefficient (Wildman–Crippen LogP) is 3.69. The maximum absolute atomic E-state index is 12.1. The number of rotatable bonds is 4. The molecule has 1 amide bonds. The number of fused-ring (bicyclic) bond motifs is 3. The Morgan fingerprint density at radius 2 is 2.07 bits per heavy atom. The smallest absolute Gasteiger partial charge is 0.228 e. The Morgan fingerprint density at radius 3 is 2.71 bits per heavy atom. The van der Waals surface area contributed by atoms with E-state index in [-0.39, 0.29) is 11.9 Å². The minimum atomic E-state index is 0.0788. The maximum atomic E-state index is 12.1. The third-order valence-electron chi connectivity index (χ3n) is 5.05. The summed E-state index contributed by atoms with van der Waals surface area (Å²) < 4.78 is 2.11. The largest absolute Gasteiger partial charge is 0.348 e. The molecule has 0 radical (unpaired) electrons. The van der Waals surface area contributed by atoms with E-state index in [1.807, 2.05) is 19.2 Å². The van der Waals surface area contributed by atoms with Crippen LogP contribution in [0, 0.1) is 6.92 Å². The lowest BCUT2D eigenvalue weighted by molar-refractivity contribution is -0.127. The molecule has 0 aliphatic heterocycles. The van der Waals surface area contributed by atoms with Crippen LogP contribution in [-0.2, 0) is 24.1 Å². The van der Waals surface area contributed by atoms with Crippen LogP contribution in [0.4, 0.5) is 0 Å². The second-order valence-electron chi connectivity index (χ2n) is 7.75. The third-order valence-corrected chi connectivity index (χ3v) is 6.16. The van der Waals surface area contributed by atoms with Gasteiger partial charge in [0.05, 0.1) is 28.4 Å². The lowest BCUT2D eigenvalue weighted by atomic mass is 9.95. The van der Waals surface area contributed by atoms with Crippen LogP contribution < -0.4 is 0 Å². The zero-order valence-electron chi connectivity index (χ0n) is 17.0. The Hall–Kier alpha value is -2.54. The van der Waals surface area contributed by atoms with Crippen molar-refractivity contribution in [1.82, 2.24) is 24.6 Å². The molecule has 0 fully saturated rings. The van der Waals surface area contributed by atoms with E-state index in [2.05, 4.69) is 29.6 Å². The number of carbonyl (C=O) groups is 1. The summed E-state index contributed by atoms with van der Waals surface area (Å²) in [6, 6.07) is 4.36. The van der Waals surface area contributed by atoms with E-state index >= 15 is 0 Å². The molecule has 3 aromatic rings. The molecule has 0 saturated carbocycles. The number of nitrogens with zero attached hydrogens (tertiary/aromatic N) is 5. The highest BCUT2D eigenvalue weighted by molar-refractivity contribution is 7.15. The molecule has 146 valence electrons. The first-order valence-corrected chi connectivity index (χ1v) is 10.4. The molecule has 7 heteroatoms. The van der Waals surface area contributed by atoms with Gasteiger partial charge in [-0.15, -0.1) is 11.3 Å². The lowest BCUT2D eigenvalue weighted by Crippen LogP contribution is -2.23. The highest BCUT2D eigenvalue weighted by Gasteiger charge is 2.30. The summed E-state index contributed by atoms with van der Waals surface area (Å²) in [5.41, 5.74) is 6.59. The van der Waals surface area contributed by atoms with Crippen molar-refractivity contribution >= 4 is 17.2 Å². The van der Waals surface area contributed by atoms with Crippen LogP contribution in [0.2, 0.25) is 0 Å². The first-order chi connectivity index (χ1) is 13.3. The van der Waals surface area contributed by atoms with E-state index in [9.17, 15) is 4.79 Å². The number of thiazole rings is 1. The highest BCUT2D eigenvalue weighted by atomic mass is 32.1. The summed E-state index contributed by atoms with van der Waals surface area (Å²) in [7, 11) is 3.56. The van der Waals surface area contributed by atoms with Crippen LogP contribution in [0.15, 0.2) is 18.3 Å². The predicted molar refractivity (Wildman–Crippen MR) is 111 cm³/mol. The fraction of sp³-hybridized carbons (Fsp3) is 0.429. The van der Waals surface area contributed by atoms with Gasteiger partial charge in [0, 0.05) is 43.2 Å². The van der Waals surface area contributed by atoms with Gasteiger partial charge in [-0.3, -0.25) is 14.5 Å². The van der Waals surface area contributed by atoms with Crippen molar-refractivity contribution in [2.75, 3.05) is 14.1 Å². The van der Waals surface area contributed by atoms with Gasteiger partial charge in [-0.2, -0.15) is 5.10 Å². The molecule has 28 heavy (non-hydrogen) atoms. The van der Waals surface area contributed by atoms with Gasteiger partial charge >= 0.3 is 0 Å². The first-order valence-electron chi connectivity index (χ1n) is 9.58. The number of aryl methyl sites for hydroxylation is 2. The first kappa shape index (κ1) is 18.8. The van der Waals surface area contributed by atoms with Gasteiger partial charge in [-0.1, -0.05) is 0 Å². The molecule has 1 aliphatic carbocycles. The molecule has 3 heterocycles. The maximum Gasteiger partial charge on any atom is 0.228 e. The van der Waals surface area contributed by atoms with Gasteiger partial charge in [0.1, 0.15) is 5.01 Å². The van der Waals surface area contributed by atoms with Crippen LogP contribution >= 0.6 is 11.3 Å². The van der Waals surface area contributed by atoms with Gasteiger partial charge in [-0.05, 0) is 45.7 Å². The standard InChI is InChI=1S/C21H25N5OS/c1-12(2)26-20-15(19(24-26)14-7-6-13(3)22-11-14)8-9-16-21(20)28-17(23-16)10-18(27)25(4)5/h6-7,11-12H,8-10H2,1-5H3. The van der Waals surface area contributed by atoms with Crippen molar-refractivity contribution in [3.63, 3.8) is 0 Å². The van der Waals surface area contributed by atoms with Crippen molar-refractivity contribution in [2.24, 2.45) is 0 Å². The molecular formula is C21H25N5OS. The van der Waals surface area contributed by atoms with E-state index < -0.39 is 0 Å². The van der Waals surface area contributed by atoms with Gasteiger partial charge in [0.15, 0.2) is 0 Å². The SMILES string of the molecule is Cc1ccc(-c2nn(C(C)C)c3c2CCc2nc(CC(=O)N(C)C)sc2-3)cn1.